The summed E-state index contributed by atoms with van der Waals surface area (Å²) in [5.74, 6) is 1.17. The lowest BCUT2D eigenvalue weighted by atomic mass is 10.1. The van der Waals surface area contributed by atoms with Crippen LogP contribution in [0.4, 0.5) is 0 Å². The molecule has 1 atom stereocenters. The van der Waals surface area contributed by atoms with Gasteiger partial charge in [-0.15, -0.1) is 0 Å². The van der Waals surface area contributed by atoms with E-state index in [9.17, 15) is 4.79 Å². The fourth-order valence-electron chi connectivity index (χ4n) is 1.73. The van der Waals surface area contributed by atoms with Crippen LogP contribution in [0.1, 0.15) is 18.9 Å². The monoisotopic (exact) mass is 267 g/mol. The van der Waals surface area contributed by atoms with E-state index in [-0.39, 0.29) is 25.0 Å². The topological polar surface area (TPSA) is 67.8 Å². The van der Waals surface area contributed by atoms with Gasteiger partial charge in [-0.1, -0.05) is 13.0 Å². The highest BCUT2D eigenvalue weighted by Gasteiger charge is 2.13. The summed E-state index contributed by atoms with van der Waals surface area (Å²) >= 11 is 0. The van der Waals surface area contributed by atoms with E-state index in [2.05, 4.69) is 5.32 Å². The molecule has 1 aromatic rings. The van der Waals surface area contributed by atoms with Crippen molar-refractivity contribution in [2.45, 2.75) is 25.8 Å². The standard InChI is InChI=1S/C14H21NO4/c1-4-11(9-16)15-14(17)7-10-5-6-12(18-2)8-13(10)19-3/h5-6,8,11,16H,4,7,9H2,1-3H3,(H,15,17)/t11-/m0/s1. The van der Waals surface area contributed by atoms with Gasteiger partial charge in [-0.05, 0) is 12.5 Å². The summed E-state index contributed by atoms with van der Waals surface area (Å²) in [6.45, 7) is 1.86. The third-order valence-electron chi connectivity index (χ3n) is 2.92. The number of aliphatic hydroxyl groups excluding tert-OH is 1. The average Bonchev–Trinajstić information content (AvgIpc) is 2.45. The maximum atomic E-state index is 11.9. The molecule has 0 bridgehead atoms. The highest BCUT2D eigenvalue weighted by atomic mass is 16.5. The Kier molecular flexibility index (Phi) is 6.15. The summed E-state index contributed by atoms with van der Waals surface area (Å²) < 4.78 is 10.3. The Morgan fingerprint density at radius 1 is 1.37 bits per heavy atom. The zero-order valence-corrected chi connectivity index (χ0v) is 11.6. The zero-order valence-electron chi connectivity index (χ0n) is 11.6. The molecule has 0 heterocycles. The second-order valence-electron chi connectivity index (χ2n) is 4.21. The van der Waals surface area contributed by atoms with E-state index in [0.717, 1.165) is 5.56 Å². The fraction of sp³-hybridized carbons (Fsp3) is 0.500. The quantitative estimate of drug-likeness (QED) is 0.777. The van der Waals surface area contributed by atoms with Crippen LogP contribution in [-0.4, -0.2) is 37.9 Å². The lowest BCUT2D eigenvalue weighted by Gasteiger charge is -2.15. The van der Waals surface area contributed by atoms with Crippen LogP contribution >= 0.6 is 0 Å². The molecule has 0 spiro atoms. The van der Waals surface area contributed by atoms with E-state index < -0.39 is 0 Å². The van der Waals surface area contributed by atoms with Crippen LogP contribution in [0, 0.1) is 0 Å². The summed E-state index contributed by atoms with van der Waals surface area (Å²) in [5, 5.41) is 11.8. The molecule has 0 aromatic heterocycles. The van der Waals surface area contributed by atoms with Gasteiger partial charge in [0.1, 0.15) is 11.5 Å². The third-order valence-corrected chi connectivity index (χ3v) is 2.92. The van der Waals surface area contributed by atoms with Gasteiger partial charge in [0.05, 0.1) is 33.3 Å². The summed E-state index contributed by atoms with van der Waals surface area (Å²) in [7, 11) is 3.13. The number of hydrogen-bond donors (Lipinski definition) is 2. The van der Waals surface area contributed by atoms with E-state index >= 15 is 0 Å². The summed E-state index contributed by atoms with van der Waals surface area (Å²) in [5.41, 5.74) is 0.786. The average molecular weight is 267 g/mol. The molecule has 0 unspecified atom stereocenters. The SMILES string of the molecule is CC[C@@H](CO)NC(=O)Cc1ccc(OC)cc1OC. The van der Waals surface area contributed by atoms with Gasteiger partial charge in [-0.3, -0.25) is 4.79 Å². The lowest BCUT2D eigenvalue weighted by Crippen LogP contribution is -2.37. The van der Waals surface area contributed by atoms with Gasteiger partial charge in [0.15, 0.2) is 0 Å². The molecule has 106 valence electrons. The van der Waals surface area contributed by atoms with Crippen molar-refractivity contribution in [2.24, 2.45) is 0 Å². The second-order valence-corrected chi connectivity index (χ2v) is 4.21. The van der Waals surface area contributed by atoms with Crippen molar-refractivity contribution >= 4 is 5.91 Å². The van der Waals surface area contributed by atoms with E-state index in [4.69, 9.17) is 14.6 Å². The Labute approximate surface area is 113 Å². The number of benzene rings is 1. The van der Waals surface area contributed by atoms with Gasteiger partial charge in [0.2, 0.25) is 5.91 Å². The minimum atomic E-state index is -0.197. The number of ether oxygens (including phenoxy) is 2. The molecule has 0 fully saturated rings. The maximum Gasteiger partial charge on any atom is 0.224 e. The number of nitrogens with one attached hydrogen (secondary N) is 1. The largest absolute Gasteiger partial charge is 0.497 e. The second kappa shape index (κ2) is 7.63. The Bertz CT molecular complexity index is 416. The molecule has 5 heteroatoms. The van der Waals surface area contributed by atoms with Gasteiger partial charge in [-0.2, -0.15) is 0 Å². The normalized spacial score (nSPS) is 11.8. The molecule has 0 saturated heterocycles. The van der Waals surface area contributed by atoms with Gasteiger partial charge >= 0.3 is 0 Å². The van der Waals surface area contributed by atoms with Crippen LogP contribution in [0.3, 0.4) is 0 Å². The first-order valence-corrected chi connectivity index (χ1v) is 6.25. The third kappa shape index (κ3) is 4.44. The summed E-state index contributed by atoms with van der Waals surface area (Å²) in [4.78, 5) is 11.9. The molecule has 5 nitrogen and oxygen atoms in total. The van der Waals surface area contributed by atoms with E-state index in [0.29, 0.717) is 17.9 Å². The number of aliphatic hydroxyl groups is 1. The first kappa shape index (κ1) is 15.3. The van der Waals surface area contributed by atoms with Gasteiger partial charge in [0, 0.05) is 11.6 Å². The van der Waals surface area contributed by atoms with E-state index in [1.165, 1.54) is 0 Å². The van der Waals surface area contributed by atoms with Gasteiger partial charge < -0.3 is 19.9 Å². The number of rotatable bonds is 7. The summed E-state index contributed by atoms with van der Waals surface area (Å²) in [6, 6.07) is 5.13. The highest BCUT2D eigenvalue weighted by molar-refractivity contribution is 5.79. The zero-order chi connectivity index (χ0) is 14.3. The van der Waals surface area contributed by atoms with Crippen molar-refractivity contribution < 1.29 is 19.4 Å². The van der Waals surface area contributed by atoms with Gasteiger partial charge in [-0.25, -0.2) is 0 Å². The number of carbonyl (C=O) groups excluding carboxylic acids is 1. The van der Waals surface area contributed by atoms with Crippen LogP contribution in [0.5, 0.6) is 11.5 Å². The first-order chi connectivity index (χ1) is 9.14. The van der Waals surface area contributed by atoms with Crippen molar-refractivity contribution in [2.75, 3.05) is 20.8 Å². The van der Waals surface area contributed by atoms with E-state index in [1.807, 2.05) is 6.92 Å². The fourth-order valence-corrected chi connectivity index (χ4v) is 1.73. The Hall–Kier alpha value is -1.75. The smallest absolute Gasteiger partial charge is 0.224 e. The predicted octanol–water partition coefficient (Wildman–Crippen LogP) is 1.13. The first-order valence-electron chi connectivity index (χ1n) is 6.25. The molecule has 2 N–H and O–H groups in total. The lowest BCUT2D eigenvalue weighted by molar-refractivity contribution is -0.121. The number of carbonyl (C=O) groups is 1. The number of methoxy groups -OCH3 is 2. The van der Waals surface area contributed by atoms with Crippen molar-refractivity contribution in [1.29, 1.82) is 0 Å². The van der Waals surface area contributed by atoms with Crippen LogP contribution in [0.2, 0.25) is 0 Å². The van der Waals surface area contributed by atoms with E-state index in [1.54, 1.807) is 32.4 Å². The van der Waals surface area contributed by atoms with Crippen LogP contribution in [-0.2, 0) is 11.2 Å². The molecule has 1 rings (SSSR count). The molecular formula is C14H21NO4. The molecule has 0 saturated carbocycles. The van der Waals surface area contributed by atoms with Crippen molar-refractivity contribution in [3.8, 4) is 11.5 Å². The summed E-state index contributed by atoms with van der Waals surface area (Å²) in [6.07, 6.45) is 0.908. The highest BCUT2D eigenvalue weighted by Crippen LogP contribution is 2.24. The molecule has 1 amide bonds. The molecule has 1 aromatic carbocycles. The molecule has 0 aliphatic rings. The Morgan fingerprint density at radius 3 is 2.63 bits per heavy atom. The molecule has 0 aliphatic carbocycles. The molecule has 19 heavy (non-hydrogen) atoms. The van der Waals surface area contributed by atoms with Crippen LogP contribution < -0.4 is 14.8 Å². The number of amides is 1. The molecule has 0 radical (unpaired) electrons. The Morgan fingerprint density at radius 2 is 2.11 bits per heavy atom. The molecular weight excluding hydrogens is 246 g/mol. The molecule has 0 aliphatic heterocycles. The Balaban J connectivity index is 2.73. The minimum absolute atomic E-state index is 0.0536. The van der Waals surface area contributed by atoms with Crippen LogP contribution in [0.15, 0.2) is 18.2 Å². The number of hydrogen-bond acceptors (Lipinski definition) is 4. The van der Waals surface area contributed by atoms with Crippen molar-refractivity contribution in [3.63, 3.8) is 0 Å². The van der Waals surface area contributed by atoms with Crippen LogP contribution in [0.25, 0.3) is 0 Å². The van der Waals surface area contributed by atoms with Gasteiger partial charge in [0.25, 0.3) is 0 Å². The maximum absolute atomic E-state index is 11.9. The van der Waals surface area contributed by atoms with Crippen molar-refractivity contribution in [1.82, 2.24) is 5.32 Å². The predicted molar refractivity (Wildman–Crippen MR) is 72.6 cm³/mol. The minimum Gasteiger partial charge on any atom is -0.497 e. The van der Waals surface area contributed by atoms with Crippen molar-refractivity contribution in [3.05, 3.63) is 23.8 Å².